The first-order valence-corrected chi connectivity index (χ1v) is 7.15. The van der Waals surface area contributed by atoms with E-state index in [4.69, 9.17) is 5.73 Å². The van der Waals surface area contributed by atoms with Crippen molar-refractivity contribution in [2.24, 2.45) is 0 Å². The van der Waals surface area contributed by atoms with Gasteiger partial charge >= 0.3 is 0 Å². The lowest BCUT2D eigenvalue weighted by Crippen LogP contribution is -2.40. The van der Waals surface area contributed by atoms with Crippen LogP contribution >= 0.6 is 11.8 Å². The van der Waals surface area contributed by atoms with Gasteiger partial charge in [0.25, 0.3) is 0 Å². The van der Waals surface area contributed by atoms with Crippen LogP contribution in [0.15, 0.2) is 5.16 Å². The summed E-state index contributed by atoms with van der Waals surface area (Å²) in [5.41, 5.74) is 5.43. The number of likely N-dealkylation sites (tertiary alicyclic amines) is 1. The number of carbonyl (C=O) groups is 2. The maximum absolute atomic E-state index is 12.3. The quantitative estimate of drug-likeness (QED) is 0.774. The Kier molecular flexibility index (Phi) is 4.08. The monoisotopic (exact) mass is 283 g/mol. The van der Waals surface area contributed by atoms with Crippen LogP contribution in [0.5, 0.6) is 0 Å². The maximum atomic E-state index is 12.3. The third-order valence-corrected chi connectivity index (χ3v) is 4.23. The Labute approximate surface area is 115 Å². The van der Waals surface area contributed by atoms with Gasteiger partial charge in [-0.1, -0.05) is 25.6 Å². The van der Waals surface area contributed by atoms with Crippen LogP contribution in [-0.2, 0) is 9.59 Å². The number of nitrogens with two attached hydrogens (primary N) is 1. The van der Waals surface area contributed by atoms with Gasteiger partial charge in [0, 0.05) is 12.5 Å². The minimum Gasteiger partial charge on any atom is -0.368 e. The molecule has 1 fully saturated rings. The fourth-order valence-electron chi connectivity index (χ4n) is 2.19. The van der Waals surface area contributed by atoms with Crippen LogP contribution in [-0.4, -0.2) is 43.2 Å². The van der Waals surface area contributed by atoms with Crippen molar-refractivity contribution in [2.45, 2.75) is 49.6 Å². The highest BCUT2D eigenvalue weighted by atomic mass is 32.2. The van der Waals surface area contributed by atoms with E-state index in [2.05, 4.69) is 15.2 Å². The van der Waals surface area contributed by atoms with Gasteiger partial charge in [-0.15, -0.1) is 5.10 Å². The first kappa shape index (κ1) is 13.9. The van der Waals surface area contributed by atoms with Gasteiger partial charge in [0.2, 0.25) is 22.9 Å². The van der Waals surface area contributed by atoms with E-state index in [1.165, 1.54) is 16.7 Å². The summed E-state index contributed by atoms with van der Waals surface area (Å²) < 4.78 is 0. The van der Waals surface area contributed by atoms with Crippen molar-refractivity contribution in [1.29, 1.82) is 0 Å². The first-order chi connectivity index (χ1) is 9.06. The number of rotatable bonds is 5. The van der Waals surface area contributed by atoms with Gasteiger partial charge < -0.3 is 5.73 Å². The highest BCUT2D eigenvalue weighted by Gasteiger charge is 2.42. The molecule has 1 unspecified atom stereocenters. The Morgan fingerprint density at radius 2 is 2.16 bits per heavy atom. The molecule has 19 heavy (non-hydrogen) atoms. The molecule has 0 bridgehead atoms. The number of nitrogen functional groups attached to an aromatic ring is 1. The molecule has 3 N–H and O–H groups in total. The van der Waals surface area contributed by atoms with Crippen LogP contribution in [0.1, 0.15) is 33.1 Å². The number of nitrogens with zero attached hydrogens (tertiary/aromatic N) is 3. The molecule has 0 radical (unpaired) electrons. The summed E-state index contributed by atoms with van der Waals surface area (Å²) in [4.78, 5) is 29.6. The topological polar surface area (TPSA) is 105 Å². The minimum atomic E-state index is -0.441. The Morgan fingerprint density at radius 1 is 1.47 bits per heavy atom. The molecule has 104 valence electrons. The van der Waals surface area contributed by atoms with Crippen LogP contribution in [0.3, 0.4) is 0 Å². The van der Waals surface area contributed by atoms with E-state index < -0.39 is 5.25 Å². The molecule has 1 aliphatic rings. The molecular formula is C11H17N5O2S. The van der Waals surface area contributed by atoms with Gasteiger partial charge in [0.15, 0.2) is 0 Å². The van der Waals surface area contributed by atoms with Crippen molar-refractivity contribution >= 4 is 29.5 Å². The second-order valence-electron chi connectivity index (χ2n) is 4.39. The van der Waals surface area contributed by atoms with Crippen LogP contribution in [0.25, 0.3) is 0 Å². The number of carbonyl (C=O) groups excluding carboxylic acids is 2. The molecule has 0 saturated carbocycles. The summed E-state index contributed by atoms with van der Waals surface area (Å²) in [6.07, 6.45) is 1.76. The number of anilines is 1. The largest absolute Gasteiger partial charge is 0.368 e. The number of hydrogen-bond donors (Lipinski definition) is 2. The number of thioether (sulfide) groups is 1. The van der Waals surface area contributed by atoms with E-state index in [-0.39, 0.29) is 30.2 Å². The summed E-state index contributed by atoms with van der Waals surface area (Å²) in [6, 6.07) is -0.0113. The van der Waals surface area contributed by atoms with Crippen LogP contribution in [0.2, 0.25) is 0 Å². The smallest absolute Gasteiger partial charge is 0.243 e. The molecule has 2 rings (SSSR count). The van der Waals surface area contributed by atoms with Crippen molar-refractivity contribution in [3.05, 3.63) is 0 Å². The Hall–Kier alpha value is -1.57. The SMILES string of the molecule is CCC(CC)N1C(=O)CC(Sc2n[nH]c(N)n2)C1=O. The molecule has 0 spiro atoms. The van der Waals surface area contributed by atoms with Gasteiger partial charge in [-0.2, -0.15) is 4.98 Å². The fourth-order valence-corrected chi connectivity index (χ4v) is 3.13. The summed E-state index contributed by atoms with van der Waals surface area (Å²) in [7, 11) is 0. The van der Waals surface area contributed by atoms with Crippen molar-refractivity contribution < 1.29 is 9.59 Å². The molecule has 1 atom stereocenters. The zero-order valence-corrected chi connectivity index (χ0v) is 11.7. The van der Waals surface area contributed by atoms with E-state index in [1.807, 2.05) is 13.8 Å². The summed E-state index contributed by atoms with van der Waals surface area (Å²) >= 11 is 1.18. The van der Waals surface area contributed by atoms with E-state index >= 15 is 0 Å². The molecular weight excluding hydrogens is 266 g/mol. The average molecular weight is 283 g/mol. The molecule has 8 heteroatoms. The van der Waals surface area contributed by atoms with E-state index in [1.54, 1.807) is 0 Å². The average Bonchev–Trinajstić information content (AvgIpc) is 2.89. The number of aromatic nitrogens is 3. The molecule has 2 amide bonds. The second-order valence-corrected chi connectivity index (χ2v) is 5.56. The van der Waals surface area contributed by atoms with Crippen molar-refractivity contribution in [3.63, 3.8) is 0 Å². The third-order valence-electron chi connectivity index (χ3n) is 3.18. The molecule has 1 aromatic rings. The zero-order valence-electron chi connectivity index (χ0n) is 10.9. The van der Waals surface area contributed by atoms with Gasteiger partial charge in [0.1, 0.15) is 5.25 Å². The second kappa shape index (κ2) is 5.60. The summed E-state index contributed by atoms with van der Waals surface area (Å²) in [5.74, 6) is -0.0529. The van der Waals surface area contributed by atoms with Crippen LogP contribution in [0, 0.1) is 0 Å². The fraction of sp³-hybridized carbons (Fsp3) is 0.636. The van der Waals surface area contributed by atoms with E-state index in [9.17, 15) is 9.59 Å². The summed E-state index contributed by atoms with van der Waals surface area (Å²) in [5, 5.41) is 6.34. The number of aromatic amines is 1. The number of imide groups is 1. The molecule has 7 nitrogen and oxygen atoms in total. The molecule has 0 aliphatic carbocycles. The number of H-pyrrole nitrogens is 1. The number of amides is 2. The van der Waals surface area contributed by atoms with Gasteiger partial charge in [-0.25, -0.2) is 5.10 Å². The van der Waals surface area contributed by atoms with E-state index in [0.717, 1.165) is 12.8 Å². The normalized spacial score (nSPS) is 19.7. The molecule has 2 heterocycles. The predicted octanol–water partition coefficient (Wildman–Crippen LogP) is 0.795. The Morgan fingerprint density at radius 3 is 2.68 bits per heavy atom. The van der Waals surface area contributed by atoms with Gasteiger partial charge in [-0.3, -0.25) is 14.5 Å². The van der Waals surface area contributed by atoms with Crippen molar-refractivity contribution in [1.82, 2.24) is 20.1 Å². The maximum Gasteiger partial charge on any atom is 0.243 e. The molecule has 1 saturated heterocycles. The molecule has 1 aromatic heterocycles. The number of hydrogen-bond acceptors (Lipinski definition) is 6. The first-order valence-electron chi connectivity index (χ1n) is 6.27. The lowest BCUT2D eigenvalue weighted by Gasteiger charge is -2.24. The van der Waals surface area contributed by atoms with Crippen molar-refractivity contribution in [3.8, 4) is 0 Å². The third kappa shape index (κ3) is 2.73. The Bertz CT molecular complexity index is 485. The van der Waals surface area contributed by atoms with Crippen LogP contribution in [0.4, 0.5) is 5.95 Å². The highest BCUT2D eigenvalue weighted by Crippen LogP contribution is 2.31. The lowest BCUT2D eigenvalue weighted by molar-refractivity contribution is -0.141. The van der Waals surface area contributed by atoms with Crippen LogP contribution < -0.4 is 5.73 Å². The lowest BCUT2D eigenvalue weighted by atomic mass is 10.1. The zero-order chi connectivity index (χ0) is 14.0. The molecule has 1 aliphatic heterocycles. The highest BCUT2D eigenvalue weighted by molar-refractivity contribution is 8.00. The molecule has 0 aromatic carbocycles. The predicted molar refractivity (Wildman–Crippen MR) is 71.3 cm³/mol. The summed E-state index contributed by atoms with van der Waals surface area (Å²) in [6.45, 7) is 3.95. The van der Waals surface area contributed by atoms with Gasteiger partial charge in [0.05, 0.1) is 0 Å². The van der Waals surface area contributed by atoms with Crippen molar-refractivity contribution in [2.75, 3.05) is 5.73 Å². The standard InChI is InChI=1S/C11H17N5O2S/c1-3-6(4-2)16-8(17)5-7(9(16)18)19-11-13-10(12)14-15-11/h6-7H,3-5H2,1-2H3,(H3,12,13,14,15). The van der Waals surface area contributed by atoms with Gasteiger partial charge in [-0.05, 0) is 12.8 Å². The van der Waals surface area contributed by atoms with E-state index in [0.29, 0.717) is 5.16 Å². The Balaban J connectivity index is 2.09. The number of nitrogens with one attached hydrogen (secondary N) is 1. The minimum absolute atomic E-state index is 0.0113.